The molecule has 0 aliphatic heterocycles. The number of aromatic amines is 1. The molecule has 21 heavy (non-hydrogen) atoms. The van der Waals surface area contributed by atoms with Gasteiger partial charge in [-0.15, -0.1) is 0 Å². The van der Waals surface area contributed by atoms with Gasteiger partial charge >= 0.3 is 0 Å². The third-order valence-corrected chi connectivity index (χ3v) is 4.27. The lowest BCUT2D eigenvalue weighted by atomic mass is 9.97. The van der Waals surface area contributed by atoms with E-state index in [0.717, 1.165) is 6.42 Å². The largest absolute Gasteiger partial charge is 0.358 e. The smallest absolute Gasteiger partial charge is 0.0458 e. The predicted octanol–water partition coefficient (Wildman–Crippen LogP) is 5.22. The van der Waals surface area contributed by atoms with Crippen molar-refractivity contribution in [3.8, 4) is 0 Å². The molecule has 0 bridgehead atoms. The third kappa shape index (κ3) is 2.02. The highest BCUT2D eigenvalue weighted by Crippen LogP contribution is 2.27. The summed E-state index contributed by atoms with van der Waals surface area (Å²) in [6, 6.07) is 23.7. The number of hydrogen-bond donors (Lipinski definition) is 1. The Hall–Kier alpha value is -2.54. The number of fused-ring (bicyclic) bond motifs is 2. The van der Waals surface area contributed by atoms with Gasteiger partial charge in [-0.1, -0.05) is 60.7 Å². The molecule has 0 radical (unpaired) electrons. The third-order valence-electron chi connectivity index (χ3n) is 4.27. The SMILES string of the molecule is Cc1[nH]c2ccccc2c1Cc1cccc2ccccc12. The zero-order chi connectivity index (χ0) is 14.2. The van der Waals surface area contributed by atoms with E-state index in [4.69, 9.17) is 0 Å². The maximum absolute atomic E-state index is 3.50. The van der Waals surface area contributed by atoms with Crippen molar-refractivity contribution in [1.82, 2.24) is 4.98 Å². The molecule has 0 amide bonds. The van der Waals surface area contributed by atoms with Gasteiger partial charge in [0.15, 0.2) is 0 Å². The summed E-state index contributed by atoms with van der Waals surface area (Å²) < 4.78 is 0. The molecule has 1 aromatic heterocycles. The Morgan fingerprint density at radius 1 is 0.762 bits per heavy atom. The minimum absolute atomic E-state index is 0.969. The summed E-state index contributed by atoms with van der Waals surface area (Å²) >= 11 is 0. The summed E-state index contributed by atoms with van der Waals surface area (Å²) in [5, 5.41) is 4.00. The minimum atomic E-state index is 0.969. The molecule has 0 saturated heterocycles. The first kappa shape index (κ1) is 12.2. The summed E-state index contributed by atoms with van der Waals surface area (Å²) in [6.07, 6.45) is 0.969. The molecule has 1 N–H and O–H groups in total. The van der Waals surface area contributed by atoms with E-state index in [1.54, 1.807) is 0 Å². The van der Waals surface area contributed by atoms with E-state index in [2.05, 4.69) is 78.6 Å². The molecule has 0 fully saturated rings. The van der Waals surface area contributed by atoms with Crippen molar-refractivity contribution in [1.29, 1.82) is 0 Å². The van der Waals surface area contributed by atoms with Gasteiger partial charge in [0.2, 0.25) is 0 Å². The highest BCUT2D eigenvalue weighted by molar-refractivity contribution is 5.88. The van der Waals surface area contributed by atoms with Crippen LogP contribution < -0.4 is 0 Å². The van der Waals surface area contributed by atoms with Crippen LogP contribution in [0, 0.1) is 6.92 Å². The highest BCUT2D eigenvalue weighted by Gasteiger charge is 2.10. The van der Waals surface area contributed by atoms with E-state index in [1.165, 1.54) is 38.5 Å². The van der Waals surface area contributed by atoms with Crippen molar-refractivity contribution in [3.63, 3.8) is 0 Å². The van der Waals surface area contributed by atoms with E-state index < -0.39 is 0 Å². The lowest BCUT2D eigenvalue weighted by Gasteiger charge is -2.07. The molecule has 0 spiro atoms. The monoisotopic (exact) mass is 271 g/mol. The van der Waals surface area contributed by atoms with Gasteiger partial charge in [0.05, 0.1) is 0 Å². The minimum Gasteiger partial charge on any atom is -0.358 e. The number of aromatic nitrogens is 1. The molecule has 4 aromatic rings. The van der Waals surface area contributed by atoms with Crippen molar-refractivity contribution < 1.29 is 0 Å². The Labute approximate surface area is 124 Å². The topological polar surface area (TPSA) is 15.8 Å². The van der Waals surface area contributed by atoms with Crippen molar-refractivity contribution in [2.24, 2.45) is 0 Å². The fourth-order valence-corrected chi connectivity index (χ4v) is 3.20. The van der Waals surface area contributed by atoms with Gasteiger partial charge in [-0.25, -0.2) is 0 Å². The second-order valence-corrected chi connectivity index (χ2v) is 5.59. The van der Waals surface area contributed by atoms with Crippen LogP contribution in [0.2, 0.25) is 0 Å². The Balaban J connectivity index is 1.89. The first-order valence-corrected chi connectivity index (χ1v) is 7.36. The summed E-state index contributed by atoms with van der Waals surface area (Å²) in [6.45, 7) is 2.17. The summed E-state index contributed by atoms with van der Waals surface area (Å²) in [5.74, 6) is 0. The number of aryl methyl sites for hydroxylation is 1. The Kier molecular flexibility index (Phi) is 2.78. The molecule has 4 rings (SSSR count). The number of H-pyrrole nitrogens is 1. The molecular formula is C20H17N. The summed E-state index contributed by atoms with van der Waals surface area (Å²) in [4.78, 5) is 3.50. The maximum atomic E-state index is 3.50. The molecule has 3 aromatic carbocycles. The zero-order valence-corrected chi connectivity index (χ0v) is 12.1. The Morgan fingerprint density at radius 3 is 2.38 bits per heavy atom. The standard InChI is InChI=1S/C20H17N/c1-14-19(18-11-4-5-12-20(18)21-14)13-16-9-6-8-15-7-2-3-10-17(15)16/h2-12,21H,13H2,1H3. The molecule has 1 heterocycles. The van der Waals surface area contributed by atoms with Gasteiger partial charge in [0, 0.05) is 23.0 Å². The Bertz CT molecular complexity index is 926. The van der Waals surface area contributed by atoms with Crippen LogP contribution in [0.3, 0.4) is 0 Å². The van der Waals surface area contributed by atoms with E-state index >= 15 is 0 Å². The van der Waals surface area contributed by atoms with Gasteiger partial charge < -0.3 is 4.98 Å². The van der Waals surface area contributed by atoms with E-state index in [1.807, 2.05) is 0 Å². The van der Waals surface area contributed by atoms with Crippen LogP contribution in [0.25, 0.3) is 21.7 Å². The number of hydrogen-bond acceptors (Lipinski definition) is 0. The van der Waals surface area contributed by atoms with Gasteiger partial charge in [0.25, 0.3) is 0 Å². The number of para-hydroxylation sites is 1. The second-order valence-electron chi connectivity index (χ2n) is 5.59. The van der Waals surface area contributed by atoms with Crippen LogP contribution in [0.15, 0.2) is 66.7 Å². The van der Waals surface area contributed by atoms with Crippen LogP contribution in [-0.2, 0) is 6.42 Å². The zero-order valence-electron chi connectivity index (χ0n) is 12.1. The quantitative estimate of drug-likeness (QED) is 0.514. The van der Waals surface area contributed by atoms with Crippen LogP contribution >= 0.6 is 0 Å². The number of rotatable bonds is 2. The average molecular weight is 271 g/mol. The predicted molar refractivity (Wildman–Crippen MR) is 89.8 cm³/mol. The maximum Gasteiger partial charge on any atom is 0.0458 e. The van der Waals surface area contributed by atoms with Crippen LogP contribution in [0.1, 0.15) is 16.8 Å². The van der Waals surface area contributed by atoms with Crippen molar-refractivity contribution in [2.45, 2.75) is 13.3 Å². The van der Waals surface area contributed by atoms with Gasteiger partial charge in [-0.05, 0) is 34.9 Å². The van der Waals surface area contributed by atoms with Crippen LogP contribution in [-0.4, -0.2) is 4.98 Å². The fraction of sp³-hybridized carbons (Fsp3) is 0.100. The van der Waals surface area contributed by atoms with E-state index in [0.29, 0.717) is 0 Å². The molecular weight excluding hydrogens is 254 g/mol. The molecule has 0 atom stereocenters. The normalized spacial score (nSPS) is 11.3. The summed E-state index contributed by atoms with van der Waals surface area (Å²) in [5.41, 5.74) is 5.29. The molecule has 0 unspecified atom stereocenters. The van der Waals surface area contributed by atoms with Gasteiger partial charge in [-0.2, -0.15) is 0 Å². The van der Waals surface area contributed by atoms with Gasteiger partial charge in [0.1, 0.15) is 0 Å². The van der Waals surface area contributed by atoms with Crippen LogP contribution in [0.5, 0.6) is 0 Å². The molecule has 1 nitrogen and oxygen atoms in total. The number of benzene rings is 3. The van der Waals surface area contributed by atoms with Crippen molar-refractivity contribution in [3.05, 3.63) is 83.6 Å². The molecule has 0 saturated carbocycles. The average Bonchev–Trinajstić information content (AvgIpc) is 2.84. The van der Waals surface area contributed by atoms with Crippen molar-refractivity contribution >= 4 is 21.7 Å². The van der Waals surface area contributed by atoms with E-state index in [-0.39, 0.29) is 0 Å². The highest BCUT2D eigenvalue weighted by atomic mass is 14.7. The lowest BCUT2D eigenvalue weighted by Crippen LogP contribution is -1.91. The van der Waals surface area contributed by atoms with E-state index in [9.17, 15) is 0 Å². The summed E-state index contributed by atoms with van der Waals surface area (Å²) in [7, 11) is 0. The van der Waals surface area contributed by atoms with Gasteiger partial charge in [-0.3, -0.25) is 0 Å². The van der Waals surface area contributed by atoms with Crippen LogP contribution in [0.4, 0.5) is 0 Å². The molecule has 1 heteroatoms. The first-order valence-electron chi connectivity index (χ1n) is 7.36. The van der Waals surface area contributed by atoms with Crippen molar-refractivity contribution in [2.75, 3.05) is 0 Å². The molecule has 102 valence electrons. The number of nitrogens with one attached hydrogen (secondary N) is 1. The Morgan fingerprint density at radius 2 is 1.48 bits per heavy atom. The lowest BCUT2D eigenvalue weighted by molar-refractivity contribution is 1.16. The molecule has 0 aliphatic carbocycles. The first-order chi connectivity index (χ1) is 10.3. The second kappa shape index (κ2) is 4.78. The fourth-order valence-electron chi connectivity index (χ4n) is 3.20. The molecule has 0 aliphatic rings.